The topological polar surface area (TPSA) is 170 Å². The smallest absolute Gasteiger partial charge is 0.336 e. The average molecular weight is 622 g/mol. The highest BCUT2D eigenvalue weighted by Gasteiger charge is 2.52. The molecule has 44 heavy (non-hydrogen) atoms. The molecular formula is C30H28FN5O7S. The Morgan fingerprint density at radius 2 is 1.82 bits per heavy atom. The summed E-state index contributed by atoms with van der Waals surface area (Å²) in [6, 6.07) is 10.3. The van der Waals surface area contributed by atoms with Crippen LogP contribution in [-0.2, 0) is 25.6 Å². The van der Waals surface area contributed by atoms with Gasteiger partial charge in [-0.15, -0.1) is 11.3 Å². The third kappa shape index (κ3) is 6.56. The van der Waals surface area contributed by atoms with Crippen molar-refractivity contribution in [3.8, 4) is 11.1 Å². The van der Waals surface area contributed by atoms with E-state index in [4.69, 9.17) is 14.9 Å². The third-order valence-electron chi connectivity index (χ3n) is 7.32. The van der Waals surface area contributed by atoms with Crippen LogP contribution in [0.25, 0.3) is 11.1 Å². The molecule has 3 amide bonds. The Morgan fingerprint density at radius 1 is 1.09 bits per heavy atom. The summed E-state index contributed by atoms with van der Waals surface area (Å²) in [5.41, 5.74) is 1.35. The number of amides is 3. The van der Waals surface area contributed by atoms with Crippen molar-refractivity contribution in [1.82, 2.24) is 15.5 Å². The van der Waals surface area contributed by atoms with Crippen LogP contribution in [0.3, 0.4) is 0 Å². The van der Waals surface area contributed by atoms with Gasteiger partial charge in [-0.2, -0.15) is 0 Å². The first-order valence-corrected chi connectivity index (χ1v) is 14.4. The number of rotatable bonds is 9. The van der Waals surface area contributed by atoms with Crippen LogP contribution in [-0.4, -0.2) is 84.4 Å². The number of nitrogens with zero attached hydrogens (tertiary/aromatic N) is 2. The van der Waals surface area contributed by atoms with E-state index in [9.17, 15) is 28.7 Å². The maximum absolute atomic E-state index is 13.6. The number of aliphatic imine (C=N–C) groups is 1. The highest BCUT2D eigenvalue weighted by molar-refractivity contribution is 7.10. The van der Waals surface area contributed by atoms with Crippen LogP contribution >= 0.6 is 11.3 Å². The molecule has 0 radical (unpaired) electrons. The minimum absolute atomic E-state index is 0.0172. The molecule has 2 aromatic carbocycles. The summed E-state index contributed by atoms with van der Waals surface area (Å²) in [5.74, 6) is -4.51. The number of amidine groups is 1. The highest BCUT2D eigenvalue weighted by Crippen LogP contribution is 2.35. The summed E-state index contributed by atoms with van der Waals surface area (Å²) in [6.07, 6.45) is 0.127. The Bertz CT molecular complexity index is 1630. The van der Waals surface area contributed by atoms with E-state index in [2.05, 4.69) is 22.3 Å². The lowest BCUT2D eigenvalue weighted by Crippen LogP contribution is -2.49. The lowest BCUT2D eigenvalue weighted by atomic mass is 9.98. The molecule has 0 bridgehead atoms. The molecule has 3 aromatic rings. The lowest BCUT2D eigenvalue weighted by Gasteiger charge is -2.24. The Kier molecular flexibility index (Phi) is 8.94. The summed E-state index contributed by atoms with van der Waals surface area (Å²) in [4.78, 5) is 56.6. The number of ether oxygens (including phenoxy) is 2. The number of hydrogen-bond donors (Lipinski definition) is 4. The summed E-state index contributed by atoms with van der Waals surface area (Å²) < 4.78 is 25.1. The Hall–Kier alpha value is -4.79. The van der Waals surface area contributed by atoms with Crippen molar-refractivity contribution >= 4 is 47.6 Å². The summed E-state index contributed by atoms with van der Waals surface area (Å²) in [5, 5.41) is 24.3. The van der Waals surface area contributed by atoms with Crippen LogP contribution in [0.1, 0.15) is 37.6 Å². The van der Waals surface area contributed by atoms with Crippen molar-refractivity contribution in [1.29, 1.82) is 5.41 Å². The fourth-order valence-corrected chi connectivity index (χ4v) is 5.94. The molecule has 0 unspecified atom stereocenters. The van der Waals surface area contributed by atoms with Crippen LogP contribution in [0.2, 0.25) is 0 Å². The van der Waals surface area contributed by atoms with Gasteiger partial charge in [0.05, 0.1) is 38.4 Å². The van der Waals surface area contributed by atoms with Crippen molar-refractivity contribution < 1.29 is 38.1 Å². The first-order valence-electron chi connectivity index (χ1n) is 13.5. The zero-order chi connectivity index (χ0) is 31.4. The number of halogens is 1. The van der Waals surface area contributed by atoms with Gasteiger partial charge in [0.25, 0.3) is 5.91 Å². The maximum Gasteiger partial charge on any atom is 0.336 e. The van der Waals surface area contributed by atoms with Gasteiger partial charge < -0.3 is 30.1 Å². The van der Waals surface area contributed by atoms with Gasteiger partial charge in [-0.3, -0.25) is 19.8 Å². The van der Waals surface area contributed by atoms with Crippen molar-refractivity contribution in [3.63, 3.8) is 0 Å². The zero-order valence-corrected chi connectivity index (χ0v) is 24.1. The number of carboxylic acid groups (broad SMARTS) is 1. The van der Waals surface area contributed by atoms with E-state index in [1.807, 2.05) is 0 Å². The number of carbonyl (C=O) groups is 4. The summed E-state index contributed by atoms with van der Waals surface area (Å²) >= 11 is 1.35. The molecule has 3 heterocycles. The molecule has 2 aliphatic heterocycles. The first kappa shape index (κ1) is 30.7. The molecule has 12 nitrogen and oxygen atoms in total. The molecule has 1 spiro atoms. The lowest BCUT2D eigenvalue weighted by molar-refractivity contribution is -0.152. The van der Waals surface area contributed by atoms with Crippen LogP contribution in [0, 0.1) is 11.2 Å². The minimum atomic E-state index is -1.29. The Morgan fingerprint density at radius 3 is 2.50 bits per heavy atom. The zero-order valence-electron chi connectivity index (χ0n) is 23.3. The van der Waals surface area contributed by atoms with E-state index in [1.165, 1.54) is 46.6 Å². The van der Waals surface area contributed by atoms with Crippen LogP contribution in [0.5, 0.6) is 0 Å². The number of likely N-dealkylation sites (tertiary alicyclic amines) is 1. The van der Waals surface area contributed by atoms with Crippen molar-refractivity contribution in [2.75, 3.05) is 26.3 Å². The Balaban J connectivity index is 1.22. The normalized spacial score (nSPS) is 16.9. The molecule has 14 heteroatoms. The molecule has 0 saturated carbocycles. The van der Waals surface area contributed by atoms with E-state index >= 15 is 0 Å². The average Bonchev–Trinajstić information content (AvgIpc) is 3.79. The van der Waals surface area contributed by atoms with Crippen LogP contribution in [0.4, 0.5) is 4.39 Å². The number of aromatic carboxylic acids is 1. The van der Waals surface area contributed by atoms with Gasteiger partial charge >= 0.3 is 5.97 Å². The number of thiophene rings is 1. The van der Waals surface area contributed by atoms with E-state index < -0.39 is 47.9 Å². The third-order valence-corrected chi connectivity index (χ3v) is 8.26. The Labute approximate surface area is 255 Å². The molecule has 228 valence electrons. The summed E-state index contributed by atoms with van der Waals surface area (Å²) in [7, 11) is 0. The van der Waals surface area contributed by atoms with Gasteiger partial charge in [0.2, 0.25) is 11.8 Å². The first-order chi connectivity index (χ1) is 21.1. The maximum atomic E-state index is 13.6. The van der Waals surface area contributed by atoms with Crippen molar-refractivity contribution in [3.05, 3.63) is 81.3 Å². The molecule has 1 atom stereocenters. The fourth-order valence-electron chi connectivity index (χ4n) is 5.13. The monoisotopic (exact) mass is 621 g/mol. The van der Waals surface area contributed by atoms with E-state index in [1.54, 1.807) is 11.4 Å². The molecular weight excluding hydrogens is 593 g/mol. The minimum Gasteiger partial charge on any atom is -0.478 e. The second-order valence-electron chi connectivity index (χ2n) is 10.1. The van der Waals surface area contributed by atoms with Crippen LogP contribution in [0.15, 0.2) is 58.9 Å². The highest BCUT2D eigenvalue weighted by atomic mass is 32.1. The molecule has 2 saturated heterocycles. The van der Waals surface area contributed by atoms with E-state index in [0.29, 0.717) is 24.3 Å². The van der Waals surface area contributed by atoms with Gasteiger partial charge in [-0.1, -0.05) is 18.2 Å². The number of carbonyl (C=O) groups excluding carboxylic acids is 3. The quantitative estimate of drug-likeness (QED) is 0.210. The number of benzene rings is 2. The van der Waals surface area contributed by atoms with Gasteiger partial charge in [-0.05, 0) is 48.2 Å². The molecule has 2 aliphatic rings. The van der Waals surface area contributed by atoms with Gasteiger partial charge in [0.15, 0.2) is 11.6 Å². The SMILES string of the molecule is C=NC(=N)c1csc(CNC(=O)[C@@H]2CC3(CN2C(=O)CNC(=O)c2ccc(-c4ccc(F)cc4C(=O)O)cc2)OCCO3)c1. The van der Waals surface area contributed by atoms with Crippen LogP contribution < -0.4 is 10.6 Å². The van der Waals surface area contributed by atoms with Gasteiger partial charge in [0.1, 0.15) is 11.9 Å². The number of hydrogen-bond acceptors (Lipinski definition) is 8. The standard InChI is InChI=1S/C30H28FN5O7S/c1-33-26(32)19-10-21(44-15-19)13-34-28(39)24-12-30(42-8-9-43-30)16-36(24)25(37)14-35-27(38)18-4-2-17(3-5-18)22-7-6-20(31)11-23(22)29(40)41/h2-7,10-11,15,24,32H,1,8-9,12-14,16H2,(H,34,39)(H,35,38)(H,40,41)/t24-/m0/s1. The largest absolute Gasteiger partial charge is 0.478 e. The van der Waals surface area contributed by atoms with E-state index in [0.717, 1.165) is 17.0 Å². The number of nitrogens with one attached hydrogen (secondary N) is 3. The molecule has 5 rings (SSSR count). The predicted octanol–water partition coefficient (Wildman–Crippen LogP) is 2.67. The van der Waals surface area contributed by atoms with E-state index in [-0.39, 0.29) is 42.0 Å². The second-order valence-corrected chi connectivity index (χ2v) is 11.1. The predicted molar refractivity (Wildman–Crippen MR) is 158 cm³/mol. The van der Waals surface area contributed by atoms with Gasteiger partial charge in [-0.25, -0.2) is 14.2 Å². The summed E-state index contributed by atoms with van der Waals surface area (Å²) in [6.45, 7) is 3.81. The second kappa shape index (κ2) is 12.8. The van der Waals surface area contributed by atoms with Gasteiger partial charge in [0, 0.05) is 27.8 Å². The molecule has 0 aliphatic carbocycles. The van der Waals surface area contributed by atoms with Crippen molar-refractivity contribution in [2.45, 2.75) is 24.8 Å². The number of carboxylic acids is 1. The van der Waals surface area contributed by atoms with Crippen molar-refractivity contribution in [2.24, 2.45) is 4.99 Å². The molecule has 2 fully saturated rings. The molecule has 1 aromatic heterocycles. The molecule has 4 N–H and O–H groups in total. The fraction of sp³-hybridized carbons (Fsp3) is 0.267.